The quantitative estimate of drug-likeness (QED) is 0.334. The fourth-order valence-electron chi connectivity index (χ4n) is 2.31. The molecule has 0 aliphatic rings. The molecule has 0 saturated heterocycles. The smallest absolute Gasteiger partial charge is 0.295 e. The molecule has 0 atom stereocenters. The molecule has 1 amide bonds. The first-order valence-corrected chi connectivity index (χ1v) is 8.95. The van der Waals surface area contributed by atoms with Gasteiger partial charge in [-0.25, -0.2) is 0 Å². The Kier molecular flexibility index (Phi) is 5.93. The standard InChI is InChI=1S/C17H16N2O7S/c1-11(20)18-14-7-5-12(16(9-14)26-2)3-4-13-6-8-15(19(21)22)10-17(13)27(23,24)25/h3-10H,1-2H3,(H,18,20)(H,23,24,25). The van der Waals surface area contributed by atoms with Gasteiger partial charge in [-0.3, -0.25) is 19.5 Å². The van der Waals surface area contributed by atoms with E-state index in [9.17, 15) is 27.9 Å². The molecule has 9 nitrogen and oxygen atoms in total. The minimum atomic E-state index is -4.66. The number of nitro groups is 1. The topological polar surface area (TPSA) is 136 Å². The third-order valence-electron chi connectivity index (χ3n) is 3.48. The number of amides is 1. The van der Waals surface area contributed by atoms with Crippen molar-refractivity contribution < 1.29 is 27.4 Å². The molecule has 0 aliphatic carbocycles. The van der Waals surface area contributed by atoms with Gasteiger partial charge >= 0.3 is 0 Å². The van der Waals surface area contributed by atoms with Crippen molar-refractivity contribution in [2.75, 3.05) is 12.4 Å². The van der Waals surface area contributed by atoms with Crippen LogP contribution in [0.3, 0.4) is 0 Å². The van der Waals surface area contributed by atoms with Crippen LogP contribution in [0.25, 0.3) is 12.2 Å². The van der Waals surface area contributed by atoms with Crippen LogP contribution in [-0.2, 0) is 14.9 Å². The van der Waals surface area contributed by atoms with Crippen molar-refractivity contribution >= 4 is 39.6 Å². The molecular formula is C17H16N2O7S. The van der Waals surface area contributed by atoms with E-state index in [4.69, 9.17) is 4.74 Å². The SMILES string of the molecule is COc1cc(NC(C)=O)ccc1C=Cc1ccc([N+](=O)[O-])cc1S(=O)(=O)O. The fraction of sp³-hybridized carbons (Fsp3) is 0.118. The summed E-state index contributed by atoms with van der Waals surface area (Å²) in [5.74, 6) is 0.164. The third kappa shape index (κ3) is 5.12. The molecule has 2 aromatic rings. The number of nitro benzene ring substituents is 1. The minimum Gasteiger partial charge on any atom is -0.496 e. The van der Waals surface area contributed by atoms with Gasteiger partial charge in [-0.1, -0.05) is 12.2 Å². The lowest BCUT2D eigenvalue weighted by Crippen LogP contribution is -2.05. The third-order valence-corrected chi connectivity index (χ3v) is 4.39. The van der Waals surface area contributed by atoms with Gasteiger partial charge in [0.2, 0.25) is 5.91 Å². The number of anilines is 1. The van der Waals surface area contributed by atoms with Crippen LogP contribution in [0.4, 0.5) is 11.4 Å². The molecule has 142 valence electrons. The molecule has 0 spiro atoms. The Hall–Kier alpha value is -3.24. The van der Waals surface area contributed by atoms with Crippen molar-refractivity contribution in [3.8, 4) is 5.75 Å². The van der Waals surface area contributed by atoms with E-state index >= 15 is 0 Å². The van der Waals surface area contributed by atoms with E-state index in [1.165, 1.54) is 32.3 Å². The van der Waals surface area contributed by atoms with Crippen molar-refractivity contribution in [1.29, 1.82) is 0 Å². The van der Waals surface area contributed by atoms with Crippen molar-refractivity contribution in [1.82, 2.24) is 0 Å². The molecule has 0 aromatic heterocycles. The Bertz CT molecular complexity index is 1030. The average molecular weight is 392 g/mol. The summed E-state index contributed by atoms with van der Waals surface area (Å²) in [4.78, 5) is 20.6. The molecule has 0 unspecified atom stereocenters. The van der Waals surface area contributed by atoms with E-state index in [0.29, 0.717) is 17.0 Å². The number of carbonyl (C=O) groups excluding carboxylic acids is 1. The van der Waals surface area contributed by atoms with E-state index in [1.54, 1.807) is 18.2 Å². The number of non-ortho nitro benzene ring substituents is 1. The van der Waals surface area contributed by atoms with Gasteiger partial charge < -0.3 is 10.1 Å². The Morgan fingerprint density at radius 1 is 1.19 bits per heavy atom. The molecule has 0 fully saturated rings. The predicted octanol–water partition coefficient (Wildman–Crippen LogP) is 2.98. The van der Waals surface area contributed by atoms with E-state index in [2.05, 4.69) is 5.32 Å². The highest BCUT2D eigenvalue weighted by atomic mass is 32.2. The highest BCUT2D eigenvalue weighted by molar-refractivity contribution is 7.86. The molecule has 2 N–H and O–H groups in total. The summed E-state index contributed by atoms with van der Waals surface area (Å²) in [5, 5.41) is 13.4. The maximum absolute atomic E-state index is 11.5. The second-order valence-corrected chi connectivity index (χ2v) is 6.82. The van der Waals surface area contributed by atoms with Gasteiger partial charge in [-0.2, -0.15) is 8.42 Å². The number of carbonyl (C=O) groups is 1. The van der Waals surface area contributed by atoms with E-state index in [0.717, 1.165) is 12.1 Å². The zero-order chi connectivity index (χ0) is 20.2. The molecule has 2 aromatic carbocycles. The molecule has 0 heterocycles. The summed E-state index contributed by atoms with van der Waals surface area (Å²) in [6.07, 6.45) is 2.90. The second kappa shape index (κ2) is 7.98. The van der Waals surface area contributed by atoms with Gasteiger partial charge in [0.25, 0.3) is 15.8 Å². The van der Waals surface area contributed by atoms with Gasteiger partial charge in [0.15, 0.2) is 0 Å². The van der Waals surface area contributed by atoms with Crippen LogP contribution in [-0.4, -0.2) is 30.9 Å². The highest BCUT2D eigenvalue weighted by Crippen LogP contribution is 2.27. The number of methoxy groups -OCH3 is 1. The van der Waals surface area contributed by atoms with Gasteiger partial charge in [-0.15, -0.1) is 0 Å². The van der Waals surface area contributed by atoms with Crippen LogP contribution in [0.5, 0.6) is 5.75 Å². The average Bonchev–Trinajstić information content (AvgIpc) is 2.58. The van der Waals surface area contributed by atoms with Crippen molar-refractivity contribution in [3.05, 3.63) is 57.6 Å². The molecule has 0 bridgehead atoms. The Balaban J connectivity index is 2.46. The first-order valence-electron chi connectivity index (χ1n) is 7.51. The number of nitrogens with one attached hydrogen (secondary N) is 1. The zero-order valence-electron chi connectivity index (χ0n) is 14.4. The summed E-state index contributed by atoms with van der Waals surface area (Å²) in [6.45, 7) is 1.37. The summed E-state index contributed by atoms with van der Waals surface area (Å²) in [7, 11) is -3.23. The summed E-state index contributed by atoms with van der Waals surface area (Å²) in [5.41, 5.74) is 0.685. The molecule has 0 saturated carbocycles. The van der Waals surface area contributed by atoms with Crippen LogP contribution in [0.1, 0.15) is 18.1 Å². The van der Waals surface area contributed by atoms with Gasteiger partial charge in [0.05, 0.1) is 12.0 Å². The maximum atomic E-state index is 11.5. The van der Waals surface area contributed by atoms with Crippen LogP contribution < -0.4 is 10.1 Å². The summed E-state index contributed by atoms with van der Waals surface area (Å²) < 4.78 is 37.7. The fourth-order valence-corrected chi connectivity index (χ4v) is 3.01. The normalized spacial score (nSPS) is 11.4. The predicted molar refractivity (Wildman–Crippen MR) is 99.1 cm³/mol. The van der Waals surface area contributed by atoms with E-state index < -0.39 is 25.6 Å². The van der Waals surface area contributed by atoms with Crippen LogP contribution in [0.15, 0.2) is 41.3 Å². The molecular weight excluding hydrogens is 376 g/mol. The molecule has 27 heavy (non-hydrogen) atoms. The van der Waals surface area contributed by atoms with E-state index in [1.807, 2.05) is 0 Å². The Morgan fingerprint density at radius 2 is 1.81 bits per heavy atom. The largest absolute Gasteiger partial charge is 0.496 e. The lowest BCUT2D eigenvalue weighted by molar-refractivity contribution is -0.385. The summed E-state index contributed by atoms with van der Waals surface area (Å²) in [6, 6.07) is 7.98. The first kappa shape index (κ1) is 20.1. The minimum absolute atomic E-state index is 0.0658. The number of hydrogen-bond donors (Lipinski definition) is 2. The van der Waals surface area contributed by atoms with Crippen LogP contribution in [0.2, 0.25) is 0 Å². The zero-order valence-corrected chi connectivity index (χ0v) is 15.2. The molecule has 0 aliphatic heterocycles. The number of ether oxygens (including phenoxy) is 1. The van der Waals surface area contributed by atoms with Crippen molar-refractivity contribution in [2.24, 2.45) is 0 Å². The number of benzene rings is 2. The lowest BCUT2D eigenvalue weighted by atomic mass is 10.1. The number of rotatable bonds is 6. The van der Waals surface area contributed by atoms with Gasteiger partial charge in [0.1, 0.15) is 10.6 Å². The maximum Gasteiger partial charge on any atom is 0.295 e. The molecule has 0 radical (unpaired) electrons. The van der Waals surface area contributed by atoms with Crippen LogP contribution >= 0.6 is 0 Å². The monoisotopic (exact) mass is 392 g/mol. The van der Waals surface area contributed by atoms with Crippen molar-refractivity contribution in [3.63, 3.8) is 0 Å². The van der Waals surface area contributed by atoms with Crippen LogP contribution in [0, 0.1) is 10.1 Å². The Labute approximate surface area is 155 Å². The number of hydrogen-bond acceptors (Lipinski definition) is 6. The van der Waals surface area contributed by atoms with Gasteiger partial charge in [-0.05, 0) is 23.8 Å². The number of nitrogens with zero attached hydrogens (tertiary/aromatic N) is 1. The second-order valence-electron chi connectivity index (χ2n) is 5.43. The first-order chi connectivity index (χ1) is 12.6. The Morgan fingerprint density at radius 3 is 2.37 bits per heavy atom. The van der Waals surface area contributed by atoms with Crippen molar-refractivity contribution in [2.45, 2.75) is 11.8 Å². The molecule has 2 rings (SSSR count). The van der Waals surface area contributed by atoms with E-state index in [-0.39, 0.29) is 11.5 Å². The highest BCUT2D eigenvalue weighted by Gasteiger charge is 2.19. The summed E-state index contributed by atoms with van der Waals surface area (Å²) >= 11 is 0. The molecule has 10 heteroatoms. The lowest BCUT2D eigenvalue weighted by Gasteiger charge is -2.09. The van der Waals surface area contributed by atoms with Gasteiger partial charge in [0, 0.05) is 36.4 Å².